The number of carbonyl (C=O) groups excluding carboxylic acids is 2. The molecule has 0 fully saturated rings. The zero-order valence-electron chi connectivity index (χ0n) is 15.9. The molecule has 7 nitrogen and oxygen atoms in total. The van der Waals surface area contributed by atoms with Gasteiger partial charge in [-0.1, -0.05) is 29.8 Å². The van der Waals surface area contributed by atoms with Gasteiger partial charge in [0.15, 0.2) is 5.82 Å². The van der Waals surface area contributed by atoms with Gasteiger partial charge >= 0.3 is 6.03 Å². The fourth-order valence-electron chi connectivity index (χ4n) is 3.85. The molecule has 1 unspecified atom stereocenters. The van der Waals surface area contributed by atoms with Crippen LogP contribution in [0.4, 0.5) is 20.7 Å². The SMILES string of the molecule is Nc1nn(C(=O)Nc2cccc3c2C(c2cc(F)ccc2Cl)NC3=O)c2ccccc12. The Morgan fingerprint density at radius 3 is 2.81 bits per heavy atom. The first kappa shape index (κ1) is 19.1. The molecule has 0 radical (unpaired) electrons. The Bertz CT molecular complexity index is 1380. The van der Waals surface area contributed by atoms with Crippen LogP contribution in [0, 0.1) is 5.82 Å². The van der Waals surface area contributed by atoms with Gasteiger partial charge in [-0.05, 0) is 42.5 Å². The van der Waals surface area contributed by atoms with Crippen LogP contribution in [0.5, 0.6) is 0 Å². The van der Waals surface area contributed by atoms with E-state index in [1.165, 1.54) is 22.9 Å². The second-order valence-corrected chi connectivity index (χ2v) is 7.49. The number of aromatic nitrogens is 2. The fraction of sp³-hybridized carbons (Fsp3) is 0.0455. The molecule has 31 heavy (non-hydrogen) atoms. The molecular weight excluding hydrogens is 421 g/mol. The van der Waals surface area contributed by atoms with E-state index in [1.807, 2.05) is 0 Å². The highest BCUT2D eigenvalue weighted by atomic mass is 35.5. The average molecular weight is 436 g/mol. The molecule has 0 bridgehead atoms. The van der Waals surface area contributed by atoms with E-state index in [1.54, 1.807) is 42.5 Å². The molecular formula is C22H15ClFN5O2. The maximum Gasteiger partial charge on any atom is 0.347 e. The number of carbonyl (C=O) groups is 2. The normalized spacial score (nSPS) is 15.0. The number of hydrogen-bond acceptors (Lipinski definition) is 4. The number of nitrogens with zero attached hydrogens (tertiary/aromatic N) is 2. The van der Waals surface area contributed by atoms with Crippen molar-refractivity contribution in [2.75, 3.05) is 11.1 Å². The summed E-state index contributed by atoms with van der Waals surface area (Å²) in [7, 11) is 0. The minimum atomic E-state index is -0.721. The first-order valence-corrected chi connectivity index (χ1v) is 9.75. The number of nitrogens with two attached hydrogens (primary N) is 1. The number of benzene rings is 3. The van der Waals surface area contributed by atoms with Crippen molar-refractivity contribution < 1.29 is 14.0 Å². The highest BCUT2D eigenvalue weighted by Crippen LogP contribution is 2.39. The van der Waals surface area contributed by atoms with Crippen molar-refractivity contribution in [3.63, 3.8) is 0 Å². The molecule has 1 atom stereocenters. The molecule has 0 spiro atoms. The Morgan fingerprint density at radius 1 is 1.16 bits per heavy atom. The van der Waals surface area contributed by atoms with E-state index in [4.69, 9.17) is 17.3 Å². The Kier molecular flexibility index (Phi) is 4.37. The van der Waals surface area contributed by atoms with Gasteiger partial charge in [0.1, 0.15) is 5.82 Å². The molecule has 4 N–H and O–H groups in total. The number of amides is 2. The van der Waals surface area contributed by atoms with Gasteiger partial charge in [0, 0.05) is 32.8 Å². The maximum absolute atomic E-state index is 13.9. The minimum absolute atomic E-state index is 0.227. The number of para-hydroxylation sites is 1. The minimum Gasteiger partial charge on any atom is -0.382 e. The number of anilines is 2. The van der Waals surface area contributed by atoms with Crippen molar-refractivity contribution in [2.24, 2.45) is 0 Å². The van der Waals surface area contributed by atoms with Crippen LogP contribution >= 0.6 is 11.6 Å². The number of hydrogen-bond donors (Lipinski definition) is 3. The first-order valence-electron chi connectivity index (χ1n) is 9.37. The molecule has 0 saturated heterocycles. The third-order valence-electron chi connectivity index (χ3n) is 5.23. The van der Waals surface area contributed by atoms with E-state index in [-0.39, 0.29) is 11.7 Å². The van der Waals surface area contributed by atoms with Crippen LogP contribution in [-0.4, -0.2) is 21.7 Å². The second-order valence-electron chi connectivity index (χ2n) is 7.08. The van der Waals surface area contributed by atoms with E-state index >= 15 is 0 Å². The lowest BCUT2D eigenvalue weighted by Gasteiger charge is -2.18. The van der Waals surface area contributed by atoms with Gasteiger partial charge in [-0.2, -0.15) is 4.68 Å². The van der Waals surface area contributed by atoms with Crippen molar-refractivity contribution in [2.45, 2.75) is 6.04 Å². The van der Waals surface area contributed by atoms with Gasteiger partial charge in [-0.25, -0.2) is 9.18 Å². The number of rotatable bonds is 2. The Hall–Kier alpha value is -3.91. The molecule has 5 rings (SSSR count). The van der Waals surface area contributed by atoms with Crippen molar-refractivity contribution in [3.05, 3.63) is 88.2 Å². The van der Waals surface area contributed by atoms with E-state index in [2.05, 4.69) is 15.7 Å². The molecule has 0 aliphatic carbocycles. The van der Waals surface area contributed by atoms with Crippen molar-refractivity contribution in [1.29, 1.82) is 0 Å². The smallest absolute Gasteiger partial charge is 0.347 e. The lowest BCUT2D eigenvalue weighted by molar-refractivity contribution is 0.0960. The Balaban J connectivity index is 1.58. The molecule has 4 aromatic rings. The van der Waals surface area contributed by atoms with Crippen LogP contribution in [0.25, 0.3) is 10.9 Å². The second kappa shape index (κ2) is 7.10. The third kappa shape index (κ3) is 3.08. The summed E-state index contributed by atoms with van der Waals surface area (Å²) in [5.41, 5.74) is 8.11. The number of fused-ring (bicyclic) bond motifs is 2. The molecule has 3 aromatic carbocycles. The van der Waals surface area contributed by atoms with Crippen molar-refractivity contribution in [1.82, 2.24) is 15.1 Å². The maximum atomic E-state index is 13.9. The Labute approximate surface area is 180 Å². The fourth-order valence-corrected chi connectivity index (χ4v) is 4.07. The summed E-state index contributed by atoms with van der Waals surface area (Å²) in [4.78, 5) is 25.6. The zero-order chi connectivity index (χ0) is 21.7. The summed E-state index contributed by atoms with van der Waals surface area (Å²) in [6.07, 6.45) is 0. The van der Waals surface area contributed by atoms with Crippen LogP contribution < -0.4 is 16.4 Å². The van der Waals surface area contributed by atoms with Crippen LogP contribution in [-0.2, 0) is 0 Å². The monoisotopic (exact) mass is 435 g/mol. The average Bonchev–Trinajstić information content (AvgIpc) is 3.28. The van der Waals surface area contributed by atoms with E-state index in [0.717, 1.165) is 0 Å². The molecule has 1 aliphatic rings. The molecule has 9 heteroatoms. The van der Waals surface area contributed by atoms with E-state index < -0.39 is 17.9 Å². The molecule has 0 saturated carbocycles. The van der Waals surface area contributed by atoms with Crippen LogP contribution in [0.2, 0.25) is 5.02 Å². The summed E-state index contributed by atoms with van der Waals surface area (Å²) >= 11 is 6.28. The van der Waals surface area contributed by atoms with Gasteiger partial charge < -0.3 is 16.4 Å². The predicted molar refractivity (Wildman–Crippen MR) is 116 cm³/mol. The quantitative estimate of drug-likeness (QED) is 0.436. The summed E-state index contributed by atoms with van der Waals surface area (Å²) in [6.45, 7) is 0. The third-order valence-corrected chi connectivity index (χ3v) is 5.58. The van der Waals surface area contributed by atoms with E-state index in [9.17, 15) is 14.0 Å². The lowest BCUT2D eigenvalue weighted by Crippen LogP contribution is -2.23. The summed E-state index contributed by atoms with van der Waals surface area (Å²) in [5.74, 6) is -0.599. The summed E-state index contributed by atoms with van der Waals surface area (Å²) in [6, 6.07) is 14.7. The highest BCUT2D eigenvalue weighted by molar-refractivity contribution is 6.31. The number of halogens is 2. The Morgan fingerprint density at radius 2 is 1.97 bits per heavy atom. The predicted octanol–water partition coefficient (Wildman–Crippen LogP) is 4.32. The first-order chi connectivity index (χ1) is 14.9. The zero-order valence-corrected chi connectivity index (χ0v) is 16.7. The van der Waals surface area contributed by atoms with Crippen LogP contribution in [0.15, 0.2) is 60.7 Å². The topological polar surface area (TPSA) is 102 Å². The molecule has 2 heterocycles. The van der Waals surface area contributed by atoms with E-state index in [0.29, 0.717) is 38.3 Å². The summed E-state index contributed by atoms with van der Waals surface area (Å²) < 4.78 is 15.1. The molecule has 1 aromatic heterocycles. The molecule has 1 aliphatic heterocycles. The van der Waals surface area contributed by atoms with Crippen molar-refractivity contribution in [3.8, 4) is 0 Å². The number of nitrogen functional groups attached to an aromatic ring is 1. The van der Waals surface area contributed by atoms with Crippen LogP contribution in [0.1, 0.15) is 27.5 Å². The highest BCUT2D eigenvalue weighted by Gasteiger charge is 2.34. The van der Waals surface area contributed by atoms with Gasteiger partial charge in [0.2, 0.25) is 0 Å². The molecule has 154 valence electrons. The largest absolute Gasteiger partial charge is 0.382 e. The van der Waals surface area contributed by atoms with Gasteiger partial charge in [-0.3, -0.25) is 4.79 Å². The van der Waals surface area contributed by atoms with Crippen LogP contribution in [0.3, 0.4) is 0 Å². The van der Waals surface area contributed by atoms with Gasteiger partial charge in [0.05, 0.1) is 11.6 Å². The standard InChI is InChI=1S/C22H15ClFN5O2/c23-15-9-8-11(24)10-14(15)19-18-13(21(30)27-19)5-3-6-16(18)26-22(31)29-17-7-2-1-4-12(17)20(25)28-29/h1-10,19H,(H2,25,28)(H,26,31)(H,27,30). The van der Waals surface area contributed by atoms with Crippen molar-refractivity contribution >= 4 is 45.9 Å². The summed E-state index contributed by atoms with van der Waals surface area (Å²) in [5, 5.41) is 10.7. The molecule has 2 amide bonds. The van der Waals surface area contributed by atoms with Gasteiger partial charge in [0.25, 0.3) is 5.91 Å². The lowest BCUT2D eigenvalue weighted by atomic mass is 9.96. The van der Waals surface area contributed by atoms with Gasteiger partial charge in [-0.15, -0.1) is 5.10 Å². The number of nitrogens with one attached hydrogen (secondary N) is 2.